The van der Waals surface area contributed by atoms with Gasteiger partial charge in [0.15, 0.2) is 11.6 Å². The molecular weight excluding hydrogens is 423 g/mol. The summed E-state index contributed by atoms with van der Waals surface area (Å²) < 4.78 is 42.3. The monoisotopic (exact) mass is 437 g/mol. The molecule has 3 aromatic rings. The van der Waals surface area contributed by atoms with Crippen LogP contribution < -0.4 is 5.73 Å². The van der Waals surface area contributed by atoms with Gasteiger partial charge in [-0.05, 0) is 59.5 Å². The van der Waals surface area contributed by atoms with Gasteiger partial charge in [-0.25, -0.2) is 13.2 Å². The first kappa shape index (κ1) is 17.9. The molecule has 0 saturated heterocycles. The Morgan fingerprint density at radius 3 is 2.54 bits per heavy atom. The van der Waals surface area contributed by atoms with Gasteiger partial charge in [0.25, 0.3) is 0 Å². The topological polar surface area (TPSA) is 26.0 Å². The smallest absolute Gasteiger partial charge is 0.161 e. The Balaban J connectivity index is 1.82. The molecule has 6 heteroatoms. The fourth-order valence-corrected chi connectivity index (χ4v) is 5.39. The van der Waals surface area contributed by atoms with Crippen molar-refractivity contribution in [1.29, 1.82) is 0 Å². The molecule has 0 amide bonds. The number of rotatable bonds is 2. The summed E-state index contributed by atoms with van der Waals surface area (Å²) in [4.78, 5) is 1.03. The second kappa shape index (κ2) is 6.91. The molecule has 0 aromatic heterocycles. The van der Waals surface area contributed by atoms with E-state index in [2.05, 4.69) is 28.1 Å². The standard InChI is InChI=1S/C20H15BrF3NS/c21-12-2-3-13-10(5-12)1-4-19-14(13)6-11(9-25)20(26-19)15-7-17(23)18(24)8-16(15)22/h1-5,7-8,11,20H,6,9,25H2. The maximum atomic E-state index is 14.3. The molecule has 0 aliphatic carbocycles. The van der Waals surface area contributed by atoms with Gasteiger partial charge in [-0.2, -0.15) is 0 Å². The Morgan fingerprint density at radius 2 is 1.77 bits per heavy atom. The van der Waals surface area contributed by atoms with E-state index in [1.165, 1.54) is 17.3 Å². The third-order valence-electron chi connectivity index (χ3n) is 4.85. The second-order valence-corrected chi connectivity index (χ2v) is 8.53. The summed E-state index contributed by atoms with van der Waals surface area (Å²) in [6, 6.07) is 11.7. The molecule has 1 aliphatic rings. The van der Waals surface area contributed by atoms with Crippen molar-refractivity contribution in [3.8, 4) is 0 Å². The molecule has 0 saturated carbocycles. The summed E-state index contributed by atoms with van der Waals surface area (Å²) in [5.41, 5.74) is 7.31. The number of benzene rings is 3. The molecule has 0 bridgehead atoms. The van der Waals surface area contributed by atoms with Crippen molar-refractivity contribution < 1.29 is 13.2 Å². The van der Waals surface area contributed by atoms with Crippen LogP contribution in [0.1, 0.15) is 16.4 Å². The highest BCUT2D eigenvalue weighted by Gasteiger charge is 2.33. The first-order valence-electron chi connectivity index (χ1n) is 8.20. The first-order valence-corrected chi connectivity index (χ1v) is 9.87. The predicted molar refractivity (Wildman–Crippen MR) is 103 cm³/mol. The molecule has 0 radical (unpaired) electrons. The maximum absolute atomic E-state index is 14.3. The number of fused-ring (bicyclic) bond motifs is 3. The average Bonchev–Trinajstić information content (AvgIpc) is 2.63. The van der Waals surface area contributed by atoms with Crippen molar-refractivity contribution >= 4 is 38.5 Å². The minimum absolute atomic E-state index is 0.0684. The highest BCUT2D eigenvalue weighted by Crippen LogP contribution is 2.50. The van der Waals surface area contributed by atoms with E-state index in [0.717, 1.165) is 26.2 Å². The van der Waals surface area contributed by atoms with Gasteiger partial charge >= 0.3 is 0 Å². The van der Waals surface area contributed by atoms with Gasteiger partial charge in [0.1, 0.15) is 5.82 Å². The van der Waals surface area contributed by atoms with Crippen molar-refractivity contribution in [2.45, 2.75) is 16.6 Å². The van der Waals surface area contributed by atoms with Crippen molar-refractivity contribution in [1.82, 2.24) is 0 Å². The van der Waals surface area contributed by atoms with E-state index in [1.54, 1.807) is 0 Å². The third-order valence-corrected chi connectivity index (χ3v) is 6.87. The lowest BCUT2D eigenvalue weighted by molar-refractivity contribution is 0.467. The minimum Gasteiger partial charge on any atom is -0.330 e. The van der Waals surface area contributed by atoms with Gasteiger partial charge in [-0.15, -0.1) is 11.8 Å². The molecule has 2 N–H and O–H groups in total. The van der Waals surface area contributed by atoms with Crippen LogP contribution >= 0.6 is 27.7 Å². The molecule has 2 unspecified atom stereocenters. The third kappa shape index (κ3) is 3.04. The summed E-state index contributed by atoms with van der Waals surface area (Å²) in [7, 11) is 0. The van der Waals surface area contributed by atoms with E-state index in [4.69, 9.17) is 5.73 Å². The SMILES string of the molecule is NCC1Cc2c(ccc3cc(Br)ccc23)SC1c1cc(F)c(F)cc1F. The van der Waals surface area contributed by atoms with Crippen LogP contribution in [0.5, 0.6) is 0 Å². The summed E-state index contributed by atoms with van der Waals surface area (Å²) in [6.07, 6.45) is 0.668. The molecule has 3 aromatic carbocycles. The quantitative estimate of drug-likeness (QED) is 0.498. The van der Waals surface area contributed by atoms with Gasteiger partial charge in [0.2, 0.25) is 0 Å². The molecule has 1 nitrogen and oxygen atoms in total. The number of thioether (sulfide) groups is 1. The Morgan fingerprint density at radius 1 is 1.00 bits per heavy atom. The first-order chi connectivity index (χ1) is 12.5. The van der Waals surface area contributed by atoms with Crippen LogP contribution in [0.15, 0.2) is 51.8 Å². The van der Waals surface area contributed by atoms with Crippen molar-refractivity contribution in [3.63, 3.8) is 0 Å². The zero-order valence-electron chi connectivity index (χ0n) is 13.6. The zero-order chi connectivity index (χ0) is 18.4. The second-order valence-electron chi connectivity index (χ2n) is 6.43. The molecule has 1 aliphatic heterocycles. The molecule has 0 fully saturated rings. The predicted octanol–water partition coefficient (Wildman–Crippen LogP) is 5.98. The van der Waals surface area contributed by atoms with E-state index in [9.17, 15) is 13.2 Å². The average molecular weight is 438 g/mol. The van der Waals surface area contributed by atoms with Crippen LogP contribution in [0.4, 0.5) is 13.2 Å². The Hall–Kier alpha value is -1.50. The summed E-state index contributed by atoms with van der Waals surface area (Å²) >= 11 is 4.95. The molecule has 2 atom stereocenters. The van der Waals surface area contributed by atoms with Crippen LogP contribution in [-0.4, -0.2) is 6.54 Å². The largest absolute Gasteiger partial charge is 0.330 e. The normalized spacial score (nSPS) is 19.6. The van der Waals surface area contributed by atoms with Gasteiger partial charge < -0.3 is 5.73 Å². The van der Waals surface area contributed by atoms with Gasteiger partial charge in [0, 0.05) is 26.2 Å². The van der Waals surface area contributed by atoms with Crippen LogP contribution in [0.3, 0.4) is 0 Å². The molecule has 134 valence electrons. The number of hydrogen-bond acceptors (Lipinski definition) is 2. The minimum atomic E-state index is -1.17. The molecular formula is C20H15BrF3NS. The molecule has 4 rings (SSSR count). The van der Waals surface area contributed by atoms with Crippen LogP contribution in [0.2, 0.25) is 0 Å². The van der Waals surface area contributed by atoms with Crippen LogP contribution in [-0.2, 0) is 6.42 Å². The van der Waals surface area contributed by atoms with Crippen molar-refractivity contribution in [3.05, 3.63) is 75.5 Å². The highest BCUT2D eigenvalue weighted by atomic mass is 79.9. The summed E-state index contributed by atoms with van der Waals surface area (Å²) in [6.45, 7) is 0.336. The number of hydrogen-bond donors (Lipinski definition) is 1. The Labute approximate surface area is 161 Å². The lowest BCUT2D eigenvalue weighted by Gasteiger charge is -2.33. The zero-order valence-corrected chi connectivity index (χ0v) is 16.0. The van der Waals surface area contributed by atoms with Gasteiger partial charge in [-0.1, -0.05) is 28.1 Å². The van der Waals surface area contributed by atoms with E-state index in [1.807, 2.05) is 18.2 Å². The molecule has 26 heavy (non-hydrogen) atoms. The summed E-state index contributed by atoms with van der Waals surface area (Å²) in [5.74, 6) is -3.01. The Bertz CT molecular complexity index is 1010. The van der Waals surface area contributed by atoms with Crippen molar-refractivity contribution in [2.24, 2.45) is 11.7 Å². The van der Waals surface area contributed by atoms with Crippen LogP contribution in [0.25, 0.3) is 10.8 Å². The molecule has 0 spiro atoms. The van der Waals surface area contributed by atoms with Crippen molar-refractivity contribution in [2.75, 3.05) is 6.54 Å². The van der Waals surface area contributed by atoms with E-state index in [0.29, 0.717) is 19.0 Å². The maximum Gasteiger partial charge on any atom is 0.161 e. The number of nitrogens with two attached hydrogens (primary N) is 1. The molecule has 1 heterocycles. The van der Waals surface area contributed by atoms with Gasteiger partial charge in [-0.3, -0.25) is 0 Å². The summed E-state index contributed by atoms with van der Waals surface area (Å²) in [5, 5.41) is 1.91. The van der Waals surface area contributed by atoms with E-state index in [-0.39, 0.29) is 16.7 Å². The van der Waals surface area contributed by atoms with E-state index >= 15 is 0 Å². The highest BCUT2D eigenvalue weighted by molar-refractivity contribution is 9.10. The fraction of sp³-hybridized carbons (Fsp3) is 0.200. The lowest BCUT2D eigenvalue weighted by atomic mass is 9.89. The van der Waals surface area contributed by atoms with Crippen LogP contribution in [0, 0.1) is 23.4 Å². The number of halogens is 4. The Kier molecular flexibility index (Phi) is 4.75. The van der Waals surface area contributed by atoms with Gasteiger partial charge in [0.05, 0.1) is 0 Å². The fourth-order valence-electron chi connectivity index (χ4n) is 3.55. The van der Waals surface area contributed by atoms with E-state index < -0.39 is 17.5 Å². The lowest BCUT2D eigenvalue weighted by Crippen LogP contribution is -2.26.